The highest BCUT2D eigenvalue weighted by molar-refractivity contribution is 6.37. The van der Waals surface area contributed by atoms with E-state index in [0.717, 1.165) is 5.56 Å². The molecule has 9 nitrogen and oxygen atoms in total. The second-order valence-corrected chi connectivity index (χ2v) is 8.17. The summed E-state index contributed by atoms with van der Waals surface area (Å²) in [6, 6.07) is 17.7. The van der Waals surface area contributed by atoms with Gasteiger partial charge in [-0.2, -0.15) is 5.10 Å². The molecule has 0 aliphatic rings. The molecule has 0 atom stereocenters. The zero-order valence-electron chi connectivity index (χ0n) is 18.3. The minimum atomic E-state index is -0.568. The number of hydrogen-bond acceptors (Lipinski definition) is 6. The number of para-hydroxylation sites is 2. The molecule has 3 aromatic carbocycles. The van der Waals surface area contributed by atoms with Crippen molar-refractivity contribution in [2.75, 3.05) is 5.32 Å². The normalized spacial score (nSPS) is 10.6. The molecule has 11 heteroatoms. The lowest BCUT2D eigenvalue weighted by Crippen LogP contribution is -2.14. The maximum Gasteiger partial charge on any atom is 0.276 e. The van der Waals surface area contributed by atoms with Crippen molar-refractivity contribution in [1.29, 1.82) is 0 Å². The van der Waals surface area contributed by atoms with Gasteiger partial charge in [-0.3, -0.25) is 14.9 Å². The van der Waals surface area contributed by atoms with Crippen LogP contribution in [-0.2, 0) is 6.73 Å². The van der Waals surface area contributed by atoms with Gasteiger partial charge in [0.05, 0.1) is 26.7 Å². The molecule has 0 spiro atoms. The average molecular weight is 513 g/mol. The van der Waals surface area contributed by atoms with Crippen LogP contribution in [0.2, 0.25) is 10.0 Å². The monoisotopic (exact) mass is 512 g/mol. The lowest BCUT2D eigenvalue weighted by molar-refractivity contribution is -0.384. The van der Waals surface area contributed by atoms with Gasteiger partial charge in [0, 0.05) is 18.3 Å². The van der Waals surface area contributed by atoms with Gasteiger partial charge in [0.25, 0.3) is 11.6 Å². The topological polar surface area (TPSA) is 109 Å². The van der Waals surface area contributed by atoms with Gasteiger partial charge in [-0.25, -0.2) is 4.68 Å². The molecule has 0 unspecified atom stereocenters. The van der Waals surface area contributed by atoms with E-state index in [1.165, 1.54) is 28.9 Å². The summed E-state index contributed by atoms with van der Waals surface area (Å²) < 4.78 is 12.8. The first-order valence-corrected chi connectivity index (χ1v) is 11.0. The van der Waals surface area contributed by atoms with Crippen LogP contribution in [-0.4, -0.2) is 20.6 Å². The molecule has 1 heterocycles. The van der Waals surface area contributed by atoms with Crippen molar-refractivity contribution in [1.82, 2.24) is 9.78 Å². The van der Waals surface area contributed by atoms with Gasteiger partial charge < -0.3 is 14.8 Å². The first-order chi connectivity index (χ1) is 16.8. The number of benzene rings is 3. The number of aryl methyl sites for hydroxylation is 1. The molecule has 0 radical (unpaired) electrons. The number of nitrogens with zero attached hydrogens (tertiary/aromatic N) is 3. The van der Waals surface area contributed by atoms with E-state index in [4.69, 9.17) is 32.7 Å². The van der Waals surface area contributed by atoms with Crippen molar-refractivity contribution in [3.63, 3.8) is 0 Å². The number of nitro benzene ring substituents is 1. The molecule has 0 saturated carbocycles. The Bertz CT molecular complexity index is 1390. The highest BCUT2D eigenvalue weighted by Crippen LogP contribution is 2.33. The van der Waals surface area contributed by atoms with E-state index in [9.17, 15) is 14.9 Å². The number of nitro groups is 1. The number of ether oxygens (including phenoxy) is 2. The Morgan fingerprint density at radius 1 is 1.09 bits per heavy atom. The Hall–Kier alpha value is -4.08. The van der Waals surface area contributed by atoms with Gasteiger partial charge in [-0.05, 0) is 36.8 Å². The molecule has 4 aromatic rings. The van der Waals surface area contributed by atoms with Gasteiger partial charge in [0.1, 0.15) is 11.5 Å². The van der Waals surface area contributed by atoms with Crippen LogP contribution in [0, 0.1) is 17.0 Å². The van der Waals surface area contributed by atoms with Crippen LogP contribution in [0.25, 0.3) is 0 Å². The third-order valence-corrected chi connectivity index (χ3v) is 5.41. The van der Waals surface area contributed by atoms with Crippen molar-refractivity contribution in [3.05, 3.63) is 104 Å². The molecule has 0 fully saturated rings. The van der Waals surface area contributed by atoms with Crippen molar-refractivity contribution < 1.29 is 19.2 Å². The maximum atomic E-state index is 12.7. The summed E-state index contributed by atoms with van der Waals surface area (Å²) in [7, 11) is 0. The van der Waals surface area contributed by atoms with E-state index in [0.29, 0.717) is 21.5 Å². The molecule has 1 amide bonds. The molecular weight excluding hydrogens is 495 g/mol. The number of nitrogens with one attached hydrogen (secondary N) is 1. The number of rotatable bonds is 8. The van der Waals surface area contributed by atoms with Crippen molar-refractivity contribution in [2.24, 2.45) is 0 Å². The number of amides is 1. The molecule has 178 valence electrons. The quantitative estimate of drug-likeness (QED) is 0.213. The number of carbonyl (C=O) groups is 1. The van der Waals surface area contributed by atoms with Crippen LogP contribution < -0.4 is 14.8 Å². The second-order valence-electron chi connectivity index (χ2n) is 7.36. The zero-order chi connectivity index (χ0) is 24.9. The van der Waals surface area contributed by atoms with Crippen LogP contribution in [0.4, 0.5) is 11.4 Å². The van der Waals surface area contributed by atoms with Crippen molar-refractivity contribution in [3.8, 4) is 17.2 Å². The molecule has 4 rings (SSSR count). The Morgan fingerprint density at radius 2 is 1.83 bits per heavy atom. The third-order valence-electron chi connectivity index (χ3n) is 4.81. The number of aromatic nitrogens is 2. The van der Waals surface area contributed by atoms with E-state index in [-0.39, 0.29) is 29.5 Å². The van der Waals surface area contributed by atoms with E-state index in [1.54, 1.807) is 36.5 Å². The van der Waals surface area contributed by atoms with Crippen LogP contribution >= 0.6 is 23.2 Å². The number of non-ortho nitro benzene ring substituents is 1. The van der Waals surface area contributed by atoms with Crippen LogP contribution in [0.1, 0.15) is 16.1 Å². The average Bonchev–Trinajstić information content (AvgIpc) is 3.29. The highest BCUT2D eigenvalue weighted by Gasteiger charge is 2.16. The third kappa shape index (κ3) is 5.89. The van der Waals surface area contributed by atoms with E-state index >= 15 is 0 Å². The van der Waals surface area contributed by atoms with Crippen LogP contribution in [0.15, 0.2) is 72.9 Å². The minimum absolute atomic E-state index is 0.0397. The Labute approximate surface area is 210 Å². The van der Waals surface area contributed by atoms with E-state index in [2.05, 4.69) is 10.4 Å². The lowest BCUT2D eigenvalue weighted by Gasteiger charge is -2.11. The fourth-order valence-electron chi connectivity index (χ4n) is 3.12. The number of halogens is 2. The maximum absolute atomic E-state index is 12.7. The number of anilines is 1. The minimum Gasteiger partial charge on any atom is -0.468 e. The summed E-state index contributed by atoms with van der Waals surface area (Å²) in [6.45, 7) is 1.82. The molecule has 1 aromatic heterocycles. The van der Waals surface area contributed by atoms with Crippen LogP contribution in [0.3, 0.4) is 0 Å². The Morgan fingerprint density at radius 3 is 2.54 bits per heavy atom. The summed E-state index contributed by atoms with van der Waals surface area (Å²) in [5.74, 6) is 0.485. The summed E-state index contributed by atoms with van der Waals surface area (Å²) in [4.78, 5) is 23.6. The fraction of sp³-hybridized carbons (Fsp3) is 0.0833. The fourth-order valence-corrected chi connectivity index (χ4v) is 3.63. The SMILES string of the molecule is Cc1ccccc1Oc1cc(NC(=O)c2ccn(COc3c(Cl)cccc3Cl)n2)cc([N+](=O)[O-])c1. The summed E-state index contributed by atoms with van der Waals surface area (Å²) in [5.41, 5.74) is 0.880. The largest absolute Gasteiger partial charge is 0.468 e. The van der Waals surface area contributed by atoms with Crippen molar-refractivity contribution in [2.45, 2.75) is 13.7 Å². The van der Waals surface area contributed by atoms with Gasteiger partial charge in [-0.1, -0.05) is 47.5 Å². The van der Waals surface area contributed by atoms with Gasteiger partial charge >= 0.3 is 0 Å². The summed E-state index contributed by atoms with van der Waals surface area (Å²) >= 11 is 12.2. The lowest BCUT2D eigenvalue weighted by atomic mass is 10.2. The van der Waals surface area contributed by atoms with Crippen LogP contribution in [0.5, 0.6) is 17.2 Å². The van der Waals surface area contributed by atoms with E-state index in [1.807, 2.05) is 19.1 Å². The smallest absolute Gasteiger partial charge is 0.276 e. The number of carbonyl (C=O) groups excluding carboxylic acids is 1. The molecule has 35 heavy (non-hydrogen) atoms. The van der Waals surface area contributed by atoms with E-state index < -0.39 is 10.8 Å². The molecule has 1 N–H and O–H groups in total. The second kappa shape index (κ2) is 10.5. The Kier molecular flexibility index (Phi) is 7.19. The van der Waals surface area contributed by atoms with Crippen molar-refractivity contribution >= 4 is 40.5 Å². The first-order valence-electron chi connectivity index (χ1n) is 10.2. The molecule has 0 aliphatic carbocycles. The first kappa shape index (κ1) is 24.1. The molecule has 0 saturated heterocycles. The Balaban J connectivity index is 1.48. The molecule has 0 bridgehead atoms. The number of hydrogen-bond donors (Lipinski definition) is 1. The highest BCUT2D eigenvalue weighted by atomic mass is 35.5. The summed E-state index contributed by atoms with van der Waals surface area (Å²) in [6.07, 6.45) is 1.54. The predicted octanol–water partition coefficient (Wildman–Crippen LogP) is 6.49. The van der Waals surface area contributed by atoms with Gasteiger partial charge in [0.15, 0.2) is 18.2 Å². The molecular formula is C24H18Cl2N4O5. The molecule has 0 aliphatic heterocycles. The predicted molar refractivity (Wildman–Crippen MR) is 132 cm³/mol. The standard InChI is InChI=1S/C24H18Cl2N4O5/c1-15-5-2-3-8-22(15)35-18-12-16(11-17(13-18)30(32)33)27-24(31)21-9-10-29(28-21)14-34-23-19(25)6-4-7-20(23)26/h2-13H,14H2,1H3,(H,27,31). The van der Waals surface area contributed by atoms with Gasteiger partial charge in [0.2, 0.25) is 0 Å². The van der Waals surface area contributed by atoms with Gasteiger partial charge in [-0.15, -0.1) is 0 Å². The summed E-state index contributed by atoms with van der Waals surface area (Å²) in [5, 5.41) is 18.9. The zero-order valence-corrected chi connectivity index (χ0v) is 19.8.